The Morgan fingerprint density at radius 1 is 1.09 bits per heavy atom. The second kappa shape index (κ2) is 5.12. The Morgan fingerprint density at radius 3 is 2.57 bits per heavy atom. The summed E-state index contributed by atoms with van der Waals surface area (Å²) in [5.41, 5.74) is 2.15. The lowest BCUT2D eigenvalue weighted by atomic mass is 9.75. The number of nitrogens with zero attached hydrogens (tertiary/aromatic N) is 1. The minimum atomic E-state index is -0.609. The van der Waals surface area contributed by atoms with Gasteiger partial charge in [-0.05, 0) is 17.2 Å². The summed E-state index contributed by atoms with van der Waals surface area (Å²) >= 11 is 0. The normalized spacial score (nSPS) is 17.4. The van der Waals surface area contributed by atoms with Crippen LogP contribution in [0, 0.1) is 0 Å². The summed E-state index contributed by atoms with van der Waals surface area (Å²) in [6, 6.07) is 17.2. The second-order valence-electron chi connectivity index (χ2n) is 5.98. The number of ether oxygens (including phenoxy) is 1. The third-order valence-electron chi connectivity index (χ3n) is 4.51. The smallest absolute Gasteiger partial charge is 0.410 e. The van der Waals surface area contributed by atoms with Crippen molar-refractivity contribution in [1.82, 2.24) is 4.90 Å². The molecule has 0 unspecified atom stereocenters. The third-order valence-corrected chi connectivity index (χ3v) is 4.51. The van der Waals surface area contributed by atoms with Gasteiger partial charge in [0.1, 0.15) is 12.0 Å². The number of hydrogen-bond donors (Lipinski definition) is 1. The fourth-order valence-corrected chi connectivity index (χ4v) is 3.23. The maximum absolute atomic E-state index is 12.3. The molecule has 1 N–H and O–H groups in total. The van der Waals surface area contributed by atoms with Crippen molar-refractivity contribution in [2.45, 2.75) is 12.0 Å². The lowest BCUT2D eigenvalue weighted by Crippen LogP contribution is -2.64. The number of nitrogens with one attached hydrogen (secondary N) is 1. The quantitative estimate of drug-likeness (QED) is 0.927. The van der Waals surface area contributed by atoms with Gasteiger partial charge in [-0.25, -0.2) is 4.79 Å². The molecular weight excluding hydrogens is 292 g/mol. The van der Waals surface area contributed by atoms with Gasteiger partial charge in [0, 0.05) is 18.8 Å². The number of benzene rings is 2. The van der Waals surface area contributed by atoms with E-state index in [1.54, 1.807) is 4.90 Å². The number of amides is 2. The Hall–Kier alpha value is -2.82. The van der Waals surface area contributed by atoms with Crippen LogP contribution < -0.4 is 5.32 Å². The van der Waals surface area contributed by atoms with E-state index in [0.717, 1.165) is 16.8 Å². The second-order valence-corrected chi connectivity index (χ2v) is 5.98. The van der Waals surface area contributed by atoms with E-state index in [2.05, 4.69) is 5.32 Å². The third kappa shape index (κ3) is 2.16. The molecule has 2 aliphatic heterocycles. The number of carbonyl (C=O) groups excluding carboxylic acids is 2. The highest BCUT2D eigenvalue weighted by Gasteiger charge is 2.56. The zero-order valence-electron chi connectivity index (χ0n) is 12.5. The predicted molar refractivity (Wildman–Crippen MR) is 84.9 cm³/mol. The van der Waals surface area contributed by atoms with Gasteiger partial charge < -0.3 is 15.0 Å². The lowest BCUT2D eigenvalue weighted by molar-refractivity contribution is -0.126. The van der Waals surface area contributed by atoms with Crippen LogP contribution >= 0.6 is 0 Å². The van der Waals surface area contributed by atoms with E-state index in [1.165, 1.54) is 0 Å². The van der Waals surface area contributed by atoms with Crippen LogP contribution in [0.25, 0.3) is 0 Å². The molecule has 0 radical (unpaired) electrons. The van der Waals surface area contributed by atoms with Gasteiger partial charge in [0.15, 0.2) is 0 Å². The molecule has 0 atom stereocenters. The number of carbonyl (C=O) groups is 2. The maximum Gasteiger partial charge on any atom is 0.410 e. The van der Waals surface area contributed by atoms with Crippen LogP contribution in [-0.2, 0) is 21.6 Å². The molecule has 1 spiro atoms. The van der Waals surface area contributed by atoms with E-state index in [1.807, 2.05) is 54.6 Å². The molecular formula is C18H16N2O3. The summed E-state index contributed by atoms with van der Waals surface area (Å²) in [5.74, 6) is -0.0363. The maximum atomic E-state index is 12.3. The molecule has 0 bridgehead atoms. The van der Waals surface area contributed by atoms with Crippen molar-refractivity contribution >= 4 is 17.7 Å². The van der Waals surface area contributed by atoms with E-state index in [-0.39, 0.29) is 18.6 Å². The number of anilines is 1. The Morgan fingerprint density at radius 2 is 1.78 bits per heavy atom. The first-order chi connectivity index (χ1) is 11.2. The summed E-state index contributed by atoms with van der Waals surface area (Å²) in [6.45, 7) is 0.971. The molecule has 23 heavy (non-hydrogen) atoms. The summed E-state index contributed by atoms with van der Waals surface area (Å²) in [7, 11) is 0. The van der Waals surface area contributed by atoms with Gasteiger partial charge in [0.05, 0.1) is 0 Å². The molecule has 2 aromatic rings. The minimum Gasteiger partial charge on any atom is -0.445 e. The topological polar surface area (TPSA) is 58.6 Å². The van der Waals surface area contributed by atoms with Gasteiger partial charge in [-0.2, -0.15) is 0 Å². The molecule has 5 nitrogen and oxygen atoms in total. The highest BCUT2D eigenvalue weighted by molar-refractivity contribution is 6.08. The Labute approximate surface area is 133 Å². The van der Waals surface area contributed by atoms with Crippen molar-refractivity contribution in [3.8, 4) is 0 Å². The molecule has 1 saturated heterocycles. The summed E-state index contributed by atoms with van der Waals surface area (Å²) in [6.07, 6.45) is -0.378. The SMILES string of the molecule is O=C(OCc1ccccc1)N1CC2(C1)C(=O)Nc1ccccc12. The van der Waals surface area contributed by atoms with Gasteiger partial charge in [0.2, 0.25) is 5.91 Å². The number of hydrogen-bond acceptors (Lipinski definition) is 3. The summed E-state index contributed by atoms with van der Waals surface area (Å²) in [4.78, 5) is 26.0. The van der Waals surface area contributed by atoms with Gasteiger partial charge in [-0.1, -0.05) is 48.5 Å². The molecule has 0 saturated carbocycles. The largest absolute Gasteiger partial charge is 0.445 e. The standard InChI is InChI=1S/C18H16N2O3/c21-16-18(14-8-4-5-9-15(14)19-16)11-20(12-18)17(22)23-10-13-6-2-1-3-7-13/h1-9H,10-12H2,(H,19,21). The zero-order valence-corrected chi connectivity index (χ0v) is 12.5. The fourth-order valence-electron chi connectivity index (χ4n) is 3.23. The van der Waals surface area contributed by atoms with Crippen molar-refractivity contribution in [3.63, 3.8) is 0 Å². The Kier molecular flexibility index (Phi) is 3.08. The average Bonchev–Trinajstić information content (AvgIpc) is 2.84. The molecule has 0 aliphatic carbocycles. The molecule has 1 fully saturated rings. The summed E-state index contributed by atoms with van der Waals surface area (Å²) in [5, 5.41) is 2.89. The molecule has 0 aromatic heterocycles. The first-order valence-corrected chi connectivity index (χ1v) is 7.56. The monoisotopic (exact) mass is 308 g/mol. The molecule has 2 aromatic carbocycles. The molecule has 2 amide bonds. The van der Waals surface area contributed by atoms with Crippen molar-refractivity contribution in [1.29, 1.82) is 0 Å². The fraction of sp³-hybridized carbons (Fsp3) is 0.222. The molecule has 116 valence electrons. The van der Waals surface area contributed by atoms with Crippen molar-refractivity contribution < 1.29 is 14.3 Å². The Balaban J connectivity index is 1.41. The first-order valence-electron chi connectivity index (χ1n) is 7.56. The van der Waals surface area contributed by atoms with Crippen LogP contribution in [0.2, 0.25) is 0 Å². The molecule has 2 aliphatic rings. The van der Waals surface area contributed by atoms with E-state index in [4.69, 9.17) is 4.74 Å². The van der Waals surface area contributed by atoms with Crippen LogP contribution in [0.15, 0.2) is 54.6 Å². The predicted octanol–water partition coefficient (Wildman–Crippen LogP) is 2.53. The van der Waals surface area contributed by atoms with Crippen LogP contribution in [-0.4, -0.2) is 30.0 Å². The number of fused-ring (bicyclic) bond motifs is 2. The number of rotatable bonds is 2. The van der Waals surface area contributed by atoms with E-state index in [0.29, 0.717) is 13.1 Å². The van der Waals surface area contributed by atoms with Crippen LogP contribution in [0.5, 0.6) is 0 Å². The van der Waals surface area contributed by atoms with Crippen LogP contribution in [0.4, 0.5) is 10.5 Å². The van der Waals surface area contributed by atoms with E-state index >= 15 is 0 Å². The highest BCUT2D eigenvalue weighted by atomic mass is 16.6. The van der Waals surface area contributed by atoms with Crippen LogP contribution in [0.3, 0.4) is 0 Å². The van der Waals surface area contributed by atoms with Gasteiger partial charge in [-0.15, -0.1) is 0 Å². The first kappa shape index (κ1) is 13.8. The number of likely N-dealkylation sites (tertiary alicyclic amines) is 1. The van der Waals surface area contributed by atoms with Crippen LogP contribution in [0.1, 0.15) is 11.1 Å². The average molecular weight is 308 g/mol. The molecule has 4 rings (SSSR count). The number of para-hydroxylation sites is 1. The molecule has 2 heterocycles. The van der Waals surface area contributed by atoms with Crippen molar-refractivity contribution in [2.75, 3.05) is 18.4 Å². The summed E-state index contributed by atoms with van der Waals surface area (Å²) < 4.78 is 5.31. The van der Waals surface area contributed by atoms with Crippen molar-refractivity contribution in [3.05, 3.63) is 65.7 Å². The Bertz CT molecular complexity index is 767. The van der Waals surface area contributed by atoms with E-state index in [9.17, 15) is 9.59 Å². The van der Waals surface area contributed by atoms with Gasteiger partial charge in [0.25, 0.3) is 0 Å². The zero-order chi connectivity index (χ0) is 15.9. The van der Waals surface area contributed by atoms with Gasteiger partial charge >= 0.3 is 6.09 Å². The minimum absolute atomic E-state index is 0.0363. The highest BCUT2D eigenvalue weighted by Crippen LogP contribution is 2.44. The lowest BCUT2D eigenvalue weighted by Gasteiger charge is -2.45. The van der Waals surface area contributed by atoms with Gasteiger partial charge in [-0.3, -0.25) is 4.79 Å². The molecule has 5 heteroatoms. The van der Waals surface area contributed by atoms with Crippen molar-refractivity contribution in [2.24, 2.45) is 0 Å². The van der Waals surface area contributed by atoms with E-state index < -0.39 is 5.41 Å².